The van der Waals surface area contributed by atoms with Crippen molar-refractivity contribution in [3.63, 3.8) is 0 Å². The fourth-order valence-electron chi connectivity index (χ4n) is 1.98. The number of alkyl carbamates (subject to hydrolysis) is 1. The van der Waals surface area contributed by atoms with Crippen molar-refractivity contribution < 1.29 is 14.3 Å². The summed E-state index contributed by atoms with van der Waals surface area (Å²) >= 11 is 2.73. The van der Waals surface area contributed by atoms with Gasteiger partial charge in [0, 0.05) is 10.8 Å². The molecule has 1 atom stereocenters. The molecule has 2 aromatic heterocycles. The van der Waals surface area contributed by atoms with Crippen molar-refractivity contribution in [2.24, 2.45) is 11.7 Å². The molecular weight excluding hydrogens is 360 g/mol. The third kappa shape index (κ3) is 5.23. The van der Waals surface area contributed by atoms with Gasteiger partial charge in [0.25, 0.3) is 5.91 Å². The van der Waals surface area contributed by atoms with Gasteiger partial charge in [0.05, 0.1) is 6.04 Å². The molecule has 0 aliphatic carbocycles. The molecule has 0 radical (unpaired) electrons. The molecule has 2 amide bonds. The topological polar surface area (TPSA) is 107 Å². The van der Waals surface area contributed by atoms with Gasteiger partial charge in [0.2, 0.25) is 0 Å². The molecule has 3 N–H and O–H groups in total. The van der Waals surface area contributed by atoms with Crippen molar-refractivity contribution in [2.45, 2.75) is 46.3 Å². The van der Waals surface area contributed by atoms with Crippen LogP contribution in [0, 0.1) is 5.92 Å². The average Bonchev–Trinajstić information content (AvgIpc) is 3.11. The predicted molar refractivity (Wildman–Crippen MR) is 98.7 cm³/mol. The van der Waals surface area contributed by atoms with Crippen molar-refractivity contribution in [3.05, 3.63) is 21.5 Å². The second-order valence-corrected chi connectivity index (χ2v) is 8.59. The minimum atomic E-state index is -0.565. The quantitative estimate of drug-likeness (QED) is 0.822. The highest BCUT2D eigenvalue weighted by Crippen LogP contribution is 2.31. The minimum Gasteiger partial charge on any atom is -0.444 e. The molecule has 0 spiro atoms. The summed E-state index contributed by atoms with van der Waals surface area (Å²) in [5.74, 6) is -0.436. The van der Waals surface area contributed by atoms with E-state index in [4.69, 9.17) is 10.5 Å². The van der Waals surface area contributed by atoms with Crippen LogP contribution in [0.25, 0.3) is 10.7 Å². The number of nitrogens with two attached hydrogens (primary N) is 1. The molecule has 0 aliphatic rings. The van der Waals surface area contributed by atoms with Gasteiger partial charge < -0.3 is 15.8 Å². The largest absolute Gasteiger partial charge is 0.444 e. The summed E-state index contributed by atoms with van der Waals surface area (Å²) in [4.78, 5) is 32.0. The first kappa shape index (κ1) is 19.3. The van der Waals surface area contributed by atoms with Crippen molar-refractivity contribution in [1.29, 1.82) is 0 Å². The Morgan fingerprint density at radius 3 is 2.40 bits per heavy atom. The highest BCUT2D eigenvalue weighted by atomic mass is 32.1. The Morgan fingerprint density at radius 1 is 1.20 bits per heavy atom. The number of aromatic nitrogens is 2. The van der Waals surface area contributed by atoms with E-state index in [-0.39, 0.29) is 17.7 Å². The molecule has 0 bridgehead atoms. The zero-order valence-corrected chi connectivity index (χ0v) is 16.5. The molecule has 2 heterocycles. The van der Waals surface area contributed by atoms with Crippen molar-refractivity contribution in [2.75, 3.05) is 0 Å². The van der Waals surface area contributed by atoms with Crippen molar-refractivity contribution >= 4 is 34.7 Å². The first-order valence-electron chi connectivity index (χ1n) is 7.77. The number of primary amides is 1. The van der Waals surface area contributed by atoms with Crippen LogP contribution in [0.4, 0.5) is 4.79 Å². The van der Waals surface area contributed by atoms with E-state index in [0.29, 0.717) is 10.7 Å². The van der Waals surface area contributed by atoms with Gasteiger partial charge >= 0.3 is 6.09 Å². The van der Waals surface area contributed by atoms with Crippen LogP contribution in [-0.2, 0) is 4.74 Å². The Morgan fingerprint density at radius 2 is 1.88 bits per heavy atom. The summed E-state index contributed by atoms with van der Waals surface area (Å²) in [6.07, 6.45) is -0.479. The van der Waals surface area contributed by atoms with Gasteiger partial charge in [-0.05, 0) is 26.7 Å². The van der Waals surface area contributed by atoms with Crippen LogP contribution >= 0.6 is 22.7 Å². The maximum absolute atomic E-state index is 12.1. The molecule has 7 nitrogen and oxygen atoms in total. The van der Waals surface area contributed by atoms with Gasteiger partial charge in [-0.15, -0.1) is 22.7 Å². The van der Waals surface area contributed by atoms with E-state index in [1.807, 2.05) is 40.0 Å². The predicted octanol–water partition coefficient (Wildman–Crippen LogP) is 3.59. The van der Waals surface area contributed by atoms with E-state index in [0.717, 1.165) is 5.01 Å². The molecule has 0 aromatic carbocycles. The number of rotatable bonds is 5. The smallest absolute Gasteiger partial charge is 0.408 e. The molecule has 0 unspecified atom stereocenters. The fourth-order valence-corrected chi connectivity index (χ4v) is 3.85. The Hall–Kier alpha value is -2.00. The van der Waals surface area contributed by atoms with Gasteiger partial charge in [-0.25, -0.2) is 14.8 Å². The molecule has 25 heavy (non-hydrogen) atoms. The second-order valence-electron chi connectivity index (χ2n) is 6.84. The van der Waals surface area contributed by atoms with E-state index in [2.05, 4.69) is 15.3 Å². The second kappa shape index (κ2) is 7.49. The van der Waals surface area contributed by atoms with Gasteiger partial charge in [-0.1, -0.05) is 13.8 Å². The lowest BCUT2D eigenvalue weighted by atomic mass is 10.1. The van der Waals surface area contributed by atoms with Crippen LogP contribution in [0.3, 0.4) is 0 Å². The lowest BCUT2D eigenvalue weighted by molar-refractivity contribution is 0.0489. The van der Waals surface area contributed by atoms with E-state index in [1.54, 1.807) is 5.38 Å². The Bertz CT molecular complexity index is 762. The Kier molecular flexibility index (Phi) is 5.79. The number of amides is 2. The lowest BCUT2D eigenvalue weighted by Crippen LogP contribution is -2.36. The Labute approximate surface area is 154 Å². The van der Waals surface area contributed by atoms with Crippen LogP contribution in [0.2, 0.25) is 0 Å². The number of ether oxygens (including phenoxy) is 1. The van der Waals surface area contributed by atoms with Gasteiger partial charge in [0.15, 0.2) is 0 Å². The third-order valence-corrected chi connectivity index (χ3v) is 4.90. The first-order valence-corrected chi connectivity index (χ1v) is 9.53. The summed E-state index contributed by atoms with van der Waals surface area (Å²) in [5.41, 5.74) is 5.55. The third-order valence-electron chi connectivity index (χ3n) is 3.10. The maximum Gasteiger partial charge on any atom is 0.408 e. The Balaban J connectivity index is 2.18. The summed E-state index contributed by atoms with van der Waals surface area (Å²) in [7, 11) is 0. The van der Waals surface area contributed by atoms with E-state index < -0.39 is 17.6 Å². The number of nitrogens with zero attached hydrogens (tertiary/aromatic N) is 2. The molecule has 0 fully saturated rings. The summed E-state index contributed by atoms with van der Waals surface area (Å²) in [5, 5.41) is 7.71. The van der Waals surface area contributed by atoms with E-state index in [9.17, 15) is 9.59 Å². The number of hydrogen-bond acceptors (Lipinski definition) is 7. The summed E-state index contributed by atoms with van der Waals surface area (Å²) in [6, 6.07) is -0.274. The molecule has 2 aromatic rings. The number of carbonyl (C=O) groups excluding carboxylic acids is 2. The molecular formula is C16H22N4O3S2. The standard InChI is InChI=1S/C16H22N4O3S2/c1-8(2)11(20-15(22)23-16(3,4)5)14-19-10(7-25-14)13-18-9(6-24-13)12(17)21/h6-8,11H,1-5H3,(H2,17,21)(H,20,22)/t11-/m0/s1. The lowest BCUT2D eigenvalue weighted by Gasteiger charge is -2.24. The molecule has 0 aliphatic heterocycles. The zero-order valence-electron chi connectivity index (χ0n) is 14.8. The molecule has 136 valence electrons. The molecule has 0 saturated heterocycles. The monoisotopic (exact) mass is 382 g/mol. The number of thiazole rings is 2. The van der Waals surface area contributed by atoms with Crippen LogP contribution in [-0.4, -0.2) is 27.6 Å². The fraction of sp³-hybridized carbons (Fsp3) is 0.500. The SMILES string of the molecule is CC(C)[C@H](NC(=O)OC(C)(C)C)c1nc(-c2nc(C(N)=O)cs2)cs1. The van der Waals surface area contributed by atoms with Crippen LogP contribution in [0.1, 0.15) is 56.2 Å². The normalized spacial score (nSPS) is 12.9. The highest BCUT2D eigenvalue weighted by molar-refractivity contribution is 7.14. The number of hydrogen-bond donors (Lipinski definition) is 2. The van der Waals surface area contributed by atoms with Crippen molar-refractivity contribution in [1.82, 2.24) is 15.3 Å². The molecule has 0 saturated carbocycles. The zero-order chi connectivity index (χ0) is 18.8. The number of carbonyl (C=O) groups is 2. The van der Waals surface area contributed by atoms with E-state index >= 15 is 0 Å². The van der Waals surface area contributed by atoms with Crippen LogP contribution in [0.15, 0.2) is 10.8 Å². The average molecular weight is 383 g/mol. The maximum atomic E-state index is 12.1. The van der Waals surface area contributed by atoms with Crippen LogP contribution < -0.4 is 11.1 Å². The van der Waals surface area contributed by atoms with Crippen LogP contribution in [0.5, 0.6) is 0 Å². The minimum absolute atomic E-state index is 0.129. The highest BCUT2D eigenvalue weighted by Gasteiger charge is 2.25. The van der Waals surface area contributed by atoms with Gasteiger partial charge in [-0.3, -0.25) is 4.79 Å². The van der Waals surface area contributed by atoms with Crippen molar-refractivity contribution in [3.8, 4) is 10.7 Å². The molecule has 2 rings (SSSR count). The summed E-state index contributed by atoms with van der Waals surface area (Å²) < 4.78 is 5.33. The summed E-state index contributed by atoms with van der Waals surface area (Å²) in [6.45, 7) is 9.45. The first-order chi connectivity index (χ1) is 11.6. The van der Waals surface area contributed by atoms with E-state index in [1.165, 1.54) is 22.7 Å². The van der Waals surface area contributed by atoms with Gasteiger partial charge in [0.1, 0.15) is 27.0 Å². The van der Waals surface area contributed by atoms with Gasteiger partial charge in [-0.2, -0.15) is 0 Å². The number of nitrogens with one attached hydrogen (secondary N) is 1. The molecule has 9 heteroatoms.